The predicted octanol–water partition coefficient (Wildman–Crippen LogP) is 3.07. The number of anilines is 1. The van der Waals surface area contributed by atoms with Crippen LogP contribution in [0.5, 0.6) is 0 Å². The molecule has 0 aliphatic heterocycles. The third-order valence-corrected chi connectivity index (χ3v) is 3.56. The van der Waals surface area contributed by atoms with Crippen LogP contribution < -0.4 is 5.32 Å². The van der Waals surface area contributed by atoms with Crippen molar-refractivity contribution in [2.45, 2.75) is 37.9 Å². The Labute approximate surface area is 113 Å². The molecule has 18 heavy (non-hydrogen) atoms. The van der Waals surface area contributed by atoms with Crippen LogP contribution in [0.25, 0.3) is 0 Å². The van der Waals surface area contributed by atoms with Gasteiger partial charge in [0.15, 0.2) is 0 Å². The van der Waals surface area contributed by atoms with Crippen LogP contribution in [0.15, 0.2) is 24.3 Å². The summed E-state index contributed by atoms with van der Waals surface area (Å²) < 4.78 is 5.66. The monoisotopic (exact) mass is 269 g/mol. The molecule has 2 N–H and O–H groups in total. The van der Waals surface area contributed by atoms with Crippen molar-refractivity contribution in [1.29, 1.82) is 0 Å². The molecule has 4 heteroatoms. The highest BCUT2D eigenvalue weighted by Crippen LogP contribution is 2.22. The van der Waals surface area contributed by atoms with Crippen LogP contribution in [0.4, 0.5) is 5.69 Å². The Balaban J connectivity index is 1.68. The summed E-state index contributed by atoms with van der Waals surface area (Å²) in [4.78, 5) is 0. The van der Waals surface area contributed by atoms with Gasteiger partial charge in [-0.05, 0) is 25.0 Å². The highest BCUT2D eigenvalue weighted by Gasteiger charge is 2.16. The molecule has 0 heterocycles. The molecule has 1 aromatic rings. The lowest BCUT2D eigenvalue weighted by molar-refractivity contribution is -0.00117. The number of benzene rings is 1. The van der Waals surface area contributed by atoms with Crippen LogP contribution in [-0.4, -0.2) is 30.5 Å². The number of aliphatic hydroxyl groups excluding tert-OH is 1. The molecule has 1 aromatic carbocycles. The van der Waals surface area contributed by atoms with Gasteiger partial charge in [0, 0.05) is 6.54 Å². The average Bonchev–Trinajstić information content (AvgIpc) is 2.88. The van der Waals surface area contributed by atoms with Gasteiger partial charge >= 0.3 is 0 Å². The van der Waals surface area contributed by atoms with Crippen molar-refractivity contribution in [3.63, 3.8) is 0 Å². The van der Waals surface area contributed by atoms with Gasteiger partial charge in [-0.1, -0.05) is 36.6 Å². The summed E-state index contributed by atoms with van der Waals surface area (Å²) in [5, 5.41) is 13.6. The van der Waals surface area contributed by atoms with E-state index in [4.69, 9.17) is 16.3 Å². The van der Waals surface area contributed by atoms with Crippen molar-refractivity contribution in [3.8, 4) is 0 Å². The second-order valence-electron chi connectivity index (χ2n) is 4.75. The topological polar surface area (TPSA) is 41.5 Å². The standard InChI is InChI=1S/C14H20ClNO2/c15-13-7-3-4-8-14(13)16-9-11(17)10-18-12-5-1-2-6-12/h3-4,7-8,11-12,16-17H,1-2,5-6,9-10H2. The van der Waals surface area contributed by atoms with E-state index in [0.29, 0.717) is 24.3 Å². The largest absolute Gasteiger partial charge is 0.389 e. The molecular weight excluding hydrogens is 250 g/mol. The van der Waals surface area contributed by atoms with Gasteiger partial charge in [-0.3, -0.25) is 0 Å². The lowest BCUT2D eigenvalue weighted by atomic mass is 10.3. The Bertz CT molecular complexity index is 367. The van der Waals surface area contributed by atoms with E-state index in [0.717, 1.165) is 18.5 Å². The average molecular weight is 270 g/mol. The maximum Gasteiger partial charge on any atom is 0.0945 e. The van der Waals surface area contributed by atoms with E-state index in [1.807, 2.05) is 24.3 Å². The highest BCUT2D eigenvalue weighted by atomic mass is 35.5. The zero-order chi connectivity index (χ0) is 12.8. The lowest BCUT2D eigenvalue weighted by Crippen LogP contribution is -2.27. The summed E-state index contributed by atoms with van der Waals surface area (Å²) in [7, 11) is 0. The smallest absolute Gasteiger partial charge is 0.0945 e. The summed E-state index contributed by atoms with van der Waals surface area (Å²) in [5.41, 5.74) is 0.846. The molecule has 0 spiro atoms. The minimum Gasteiger partial charge on any atom is -0.389 e. The molecular formula is C14H20ClNO2. The number of aliphatic hydroxyl groups is 1. The molecule has 1 atom stereocenters. The molecule has 1 fully saturated rings. The highest BCUT2D eigenvalue weighted by molar-refractivity contribution is 6.33. The van der Waals surface area contributed by atoms with E-state index in [1.54, 1.807) is 0 Å². The first-order chi connectivity index (χ1) is 8.75. The van der Waals surface area contributed by atoms with Crippen molar-refractivity contribution >= 4 is 17.3 Å². The molecule has 1 saturated carbocycles. The first kappa shape index (κ1) is 13.7. The number of rotatable bonds is 6. The van der Waals surface area contributed by atoms with Crippen molar-refractivity contribution in [2.75, 3.05) is 18.5 Å². The molecule has 1 aliphatic carbocycles. The fourth-order valence-electron chi connectivity index (χ4n) is 2.19. The number of halogens is 1. The number of ether oxygens (including phenoxy) is 1. The zero-order valence-corrected chi connectivity index (χ0v) is 11.2. The fraction of sp³-hybridized carbons (Fsp3) is 0.571. The van der Waals surface area contributed by atoms with E-state index in [1.165, 1.54) is 12.8 Å². The Morgan fingerprint density at radius 2 is 2.06 bits per heavy atom. The van der Waals surface area contributed by atoms with Gasteiger partial charge in [0.05, 0.1) is 29.5 Å². The van der Waals surface area contributed by atoms with Crippen LogP contribution in [0.3, 0.4) is 0 Å². The second-order valence-corrected chi connectivity index (χ2v) is 5.16. The molecule has 0 saturated heterocycles. The molecule has 1 unspecified atom stereocenters. The van der Waals surface area contributed by atoms with Gasteiger partial charge in [0.25, 0.3) is 0 Å². The van der Waals surface area contributed by atoms with Crippen molar-refractivity contribution < 1.29 is 9.84 Å². The Morgan fingerprint density at radius 3 is 2.78 bits per heavy atom. The minimum atomic E-state index is -0.498. The van der Waals surface area contributed by atoms with Crippen LogP contribution in [0.1, 0.15) is 25.7 Å². The Hall–Kier alpha value is -0.770. The lowest BCUT2D eigenvalue weighted by Gasteiger charge is -2.16. The molecule has 2 rings (SSSR count). The van der Waals surface area contributed by atoms with Gasteiger partial charge in [-0.25, -0.2) is 0 Å². The van der Waals surface area contributed by atoms with E-state index in [9.17, 15) is 5.11 Å². The van der Waals surface area contributed by atoms with Gasteiger partial charge < -0.3 is 15.2 Å². The van der Waals surface area contributed by atoms with E-state index >= 15 is 0 Å². The number of hydrogen-bond donors (Lipinski definition) is 2. The summed E-state index contributed by atoms with van der Waals surface area (Å²) >= 11 is 6.01. The van der Waals surface area contributed by atoms with E-state index in [2.05, 4.69) is 5.32 Å². The Kier molecular flexibility index (Phi) is 5.29. The number of para-hydroxylation sites is 1. The van der Waals surface area contributed by atoms with E-state index in [-0.39, 0.29) is 0 Å². The normalized spacial score (nSPS) is 17.9. The minimum absolute atomic E-state index is 0.347. The first-order valence-corrected chi connectivity index (χ1v) is 6.91. The third kappa shape index (κ3) is 4.16. The quantitative estimate of drug-likeness (QED) is 0.834. The zero-order valence-electron chi connectivity index (χ0n) is 10.4. The van der Waals surface area contributed by atoms with E-state index < -0.39 is 6.10 Å². The number of hydrogen-bond acceptors (Lipinski definition) is 3. The third-order valence-electron chi connectivity index (χ3n) is 3.23. The maximum atomic E-state index is 9.83. The van der Waals surface area contributed by atoms with Gasteiger partial charge in [0.1, 0.15) is 0 Å². The summed E-state index contributed by atoms with van der Waals surface area (Å²) in [5.74, 6) is 0. The van der Waals surface area contributed by atoms with Crippen LogP contribution in [0.2, 0.25) is 5.02 Å². The summed E-state index contributed by atoms with van der Waals surface area (Å²) in [6, 6.07) is 7.51. The number of nitrogens with one attached hydrogen (secondary N) is 1. The van der Waals surface area contributed by atoms with Gasteiger partial charge in [-0.2, -0.15) is 0 Å². The molecule has 0 aromatic heterocycles. The molecule has 3 nitrogen and oxygen atoms in total. The predicted molar refractivity (Wildman–Crippen MR) is 74.2 cm³/mol. The van der Waals surface area contributed by atoms with Crippen LogP contribution >= 0.6 is 11.6 Å². The molecule has 0 amide bonds. The molecule has 0 radical (unpaired) electrons. The van der Waals surface area contributed by atoms with Crippen molar-refractivity contribution in [1.82, 2.24) is 0 Å². The summed E-state index contributed by atoms with van der Waals surface area (Å²) in [6.45, 7) is 0.846. The molecule has 100 valence electrons. The summed E-state index contributed by atoms with van der Waals surface area (Å²) in [6.07, 6.45) is 4.61. The molecule has 0 bridgehead atoms. The Morgan fingerprint density at radius 1 is 1.33 bits per heavy atom. The fourth-order valence-corrected chi connectivity index (χ4v) is 2.40. The SMILES string of the molecule is OC(CNc1ccccc1Cl)COC1CCCC1. The van der Waals surface area contributed by atoms with Gasteiger partial charge in [-0.15, -0.1) is 0 Å². The molecule has 1 aliphatic rings. The second kappa shape index (κ2) is 6.98. The van der Waals surface area contributed by atoms with Crippen LogP contribution in [-0.2, 0) is 4.74 Å². The van der Waals surface area contributed by atoms with Crippen LogP contribution in [0, 0.1) is 0 Å². The van der Waals surface area contributed by atoms with Gasteiger partial charge in [0.2, 0.25) is 0 Å². The maximum absolute atomic E-state index is 9.83. The first-order valence-electron chi connectivity index (χ1n) is 6.54. The van der Waals surface area contributed by atoms with Crippen molar-refractivity contribution in [3.05, 3.63) is 29.3 Å². The van der Waals surface area contributed by atoms with Crippen molar-refractivity contribution in [2.24, 2.45) is 0 Å².